The lowest BCUT2D eigenvalue weighted by Crippen LogP contribution is -2.25. The molecule has 0 unspecified atom stereocenters. The second kappa shape index (κ2) is 6.37. The van der Waals surface area contributed by atoms with Crippen LogP contribution in [0.2, 0.25) is 0 Å². The summed E-state index contributed by atoms with van der Waals surface area (Å²) in [4.78, 5) is 16.4. The molecular weight excluding hydrogens is 284 g/mol. The highest BCUT2D eigenvalue weighted by atomic mass is 16.1. The van der Waals surface area contributed by atoms with Crippen molar-refractivity contribution in [1.29, 1.82) is 0 Å². The van der Waals surface area contributed by atoms with Crippen LogP contribution in [-0.4, -0.2) is 25.2 Å². The number of aliphatic imine (C=N–C) groups is 1. The van der Waals surface area contributed by atoms with Crippen molar-refractivity contribution in [3.63, 3.8) is 0 Å². The van der Waals surface area contributed by atoms with Crippen LogP contribution < -0.4 is 5.32 Å². The lowest BCUT2D eigenvalue weighted by Gasteiger charge is -2.11. The van der Waals surface area contributed by atoms with Gasteiger partial charge in [-0.2, -0.15) is 0 Å². The Hall–Kier alpha value is -2.42. The molecule has 1 amide bonds. The molecular formula is C20H22N2O. The Morgan fingerprint density at radius 2 is 1.87 bits per heavy atom. The molecule has 3 nitrogen and oxygen atoms in total. The fourth-order valence-electron chi connectivity index (χ4n) is 2.66. The minimum atomic E-state index is 0.0243. The van der Waals surface area contributed by atoms with Crippen molar-refractivity contribution in [2.24, 2.45) is 4.99 Å². The molecule has 1 fully saturated rings. The maximum absolute atomic E-state index is 12.3. The molecule has 118 valence electrons. The SMILES string of the molecule is CN=Cc1cc(-c2cc(C(=O)NC3CC3)ccc2C)ccc1C. The number of nitrogens with one attached hydrogen (secondary N) is 1. The van der Waals surface area contributed by atoms with Crippen LogP contribution in [0.4, 0.5) is 0 Å². The Morgan fingerprint density at radius 3 is 2.57 bits per heavy atom. The van der Waals surface area contributed by atoms with Crippen LogP contribution in [0.25, 0.3) is 11.1 Å². The highest BCUT2D eigenvalue weighted by Crippen LogP contribution is 2.27. The molecule has 0 heterocycles. The molecule has 2 aromatic rings. The highest BCUT2D eigenvalue weighted by molar-refractivity contribution is 5.96. The Kier molecular flexibility index (Phi) is 4.28. The van der Waals surface area contributed by atoms with Crippen molar-refractivity contribution in [1.82, 2.24) is 5.32 Å². The molecule has 0 aliphatic heterocycles. The molecule has 23 heavy (non-hydrogen) atoms. The number of carbonyl (C=O) groups is 1. The Morgan fingerprint density at radius 1 is 1.13 bits per heavy atom. The van der Waals surface area contributed by atoms with Crippen molar-refractivity contribution in [3.05, 3.63) is 58.7 Å². The molecule has 0 bridgehead atoms. The molecule has 1 aliphatic carbocycles. The zero-order valence-electron chi connectivity index (χ0n) is 13.9. The van der Waals surface area contributed by atoms with E-state index < -0.39 is 0 Å². The molecule has 0 aromatic heterocycles. The molecule has 0 saturated heterocycles. The Bertz CT molecular complexity index is 773. The maximum atomic E-state index is 12.3. The quantitative estimate of drug-likeness (QED) is 0.855. The van der Waals surface area contributed by atoms with Gasteiger partial charge in [0.05, 0.1) is 0 Å². The lowest BCUT2D eigenvalue weighted by atomic mass is 9.95. The summed E-state index contributed by atoms with van der Waals surface area (Å²) in [7, 11) is 1.78. The van der Waals surface area contributed by atoms with Crippen LogP contribution in [-0.2, 0) is 0 Å². The van der Waals surface area contributed by atoms with Crippen LogP contribution in [0.15, 0.2) is 41.4 Å². The van der Waals surface area contributed by atoms with E-state index in [1.807, 2.05) is 24.4 Å². The summed E-state index contributed by atoms with van der Waals surface area (Å²) < 4.78 is 0. The smallest absolute Gasteiger partial charge is 0.251 e. The van der Waals surface area contributed by atoms with Gasteiger partial charge in [0.1, 0.15) is 0 Å². The van der Waals surface area contributed by atoms with Gasteiger partial charge in [-0.1, -0.05) is 18.2 Å². The fraction of sp³-hybridized carbons (Fsp3) is 0.300. The minimum absolute atomic E-state index is 0.0243. The summed E-state index contributed by atoms with van der Waals surface area (Å²) in [5, 5.41) is 3.05. The standard InChI is InChI=1S/C20H22N2O/c1-13-4-6-15(10-17(13)12-21-3)19-11-16(7-5-14(19)2)20(23)22-18-8-9-18/h4-7,10-12,18H,8-9H2,1-3H3,(H,22,23). The maximum Gasteiger partial charge on any atom is 0.251 e. The number of amides is 1. The van der Waals surface area contributed by atoms with Gasteiger partial charge in [-0.05, 0) is 72.7 Å². The van der Waals surface area contributed by atoms with E-state index in [9.17, 15) is 4.79 Å². The summed E-state index contributed by atoms with van der Waals surface area (Å²) in [6, 6.07) is 12.6. The molecule has 3 heteroatoms. The zero-order valence-corrected chi connectivity index (χ0v) is 13.9. The van der Waals surface area contributed by atoms with Crippen LogP contribution in [0, 0.1) is 13.8 Å². The van der Waals surface area contributed by atoms with Gasteiger partial charge in [0.25, 0.3) is 5.91 Å². The van der Waals surface area contributed by atoms with Gasteiger partial charge in [0, 0.05) is 24.9 Å². The van der Waals surface area contributed by atoms with Gasteiger partial charge < -0.3 is 5.32 Å². The van der Waals surface area contributed by atoms with Gasteiger partial charge in [-0.25, -0.2) is 0 Å². The van der Waals surface area contributed by atoms with Gasteiger partial charge in [0.15, 0.2) is 0 Å². The molecule has 3 rings (SSSR count). The Labute approximate surface area is 137 Å². The molecule has 1 saturated carbocycles. The van der Waals surface area contributed by atoms with E-state index >= 15 is 0 Å². The number of hydrogen-bond donors (Lipinski definition) is 1. The number of benzene rings is 2. The summed E-state index contributed by atoms with van der Waals surface area (Å²) in [5.74, 6) is 0.0243. The first kappa shape index (κ1) is 15.5. The molecule has 2 aromatic carbocycles. The largest absolute Gasteiger partial charge is 0.349 e. The van der Waals surface area contributed by atoms with E-state index in [1.165, 1.54) is 5.56 Å². The van der Waals surface area contributed by atoms with E-state index in [-0.39, 0.29) is 5.91 Å². The third kappa shape index (κ3) is 3.50. The van der Waals surface area contributed by atoms with E-state index in [1.54, 1.807) is 7.05 Å². The van der Waals surface area contributed by atoms with E-state index in [0.29, 0.717) is 6.04 Å². The van der Waals surface area contributed by atoms with E-state index in [0.717, 1.165) is 40.7 Å². The number of nitrogens with zero attached hydrogens (tertiary/aromatic N) is 1. The van der Waals surface area contributed by atoms with Crippen molar-refractivity contribution < 1.29 is 4.79 Å². The second-order valence-electron chi connectivity index (χ2n) is 6.24. The predicted octanol–water partition coefficient (Wildman–Crippen LogP) is 3.91. The summed E-state index contributed by atoms with van der Waals surface area (Å²) in [6.07, 6.45) is 4.07. The van der Waals surface area contributed by atoms with Crippen molar-refractivity contribution >= 4 is 12.1 Å². The third-order valence-electron chi connectivity index (χ3n) is 4.27. The minimum Gasteiger partial charge on any atom is -0.349 e. The van der Waals surface area contributed by atoms with Crippen LogP contribution in [0.3, 0.4) is 0 Å². The number of aryl methyl sites for hydroxylation is 2. The van der Waals surface area contributed by atoms with Crippen LogP contribution in [0.5, 0.6) is 0 Å². The van der Waals surface area contributed by atoms with E-state index in [4.69, 9.17) is 0 Å². The van der Waals surface area contributed by atoms with Gasteiger partial charge in [-0.15, -0.1) is 0 Å². The van der Waals surface area contributed by atoms with Gasteiger partial charge >= 0.3 is 0 Å². The molecule has 0 radical (unpaired) electrons. The van der Waals surface area contributed by atoms with Crippen LogP contribution in [0.1, 0.15) is 39.9 Å². The first-order valence-electron chi connectivity index (χ1n) is 8.03. The molecule has 0 spiro atoms. The topological polar surface area (TPSA) is 41.5 Å². The average Bonchev–Trinajstić information content (AvgIpc) is 3.34. The monoisotopic (exact) mass is 306 g/mol. The van der Waals surface area contributed by atoms with Crippen molar-refractivity contribution in [2.75, 3.05) is 7.05 Å². The van der Waals surface area contributed by atoms with Gasteiger partial charge in [0.2, 0.25) is 0 Å². The van der Waals surface area contributed by atoms with Crippen molar-refractivity contribution in [2.45, 2.75) is 32.7 Å². The molecule has 1 aliphatic rings. The normalized spacial score (nSPS) is 14.2. The Balaban J connectivity index is 1.98. The summed E-state index contributed by atoms with van der Waals surface area (Å²) in [5.41, 5.74) is 6.40. The first-order chi connectivity index (χ1) is 11.1. The van der Waals surface area contributed by atoms with E-state index in [2.05, 4.69) is 42.4 Å². The highest BCUT2D eigenvalue weighted by Gasteiger charge is 2.24. The average molecular weight is 306 g/mol. The number of hydrogen-bond acceptors (Lipinski definition) is 2. The van der Waals surface area contributed by atoms with Gasteiger partial charge in [-0.3, -0.25) is 9.79 Å². The first-order valence-corrected chi connectivity index (χ1v) is 8.03. The summed E-state index contributed by atoms with van der Waals surface area (Å²) in [6.45, 7) is 4.15. The molecule has 1 N–H and O–H groups in total. The number of rotatable bonds is 4. The lowest BCUT2D eigenvalue weighted by molar-refractivity contribution is 0.0951. The fourth-order valence-corrected chi connectivity index (χ4v) is 2.66. The predicted molar refractivity (Wildman–Crippen MR) is 95.4 cm³/mol. The molecule has 0 atom stereocenters. The second-order valence-corrected chi connectivity index (χ2v) is 6.24. The van der Waals surface area contributed by atoms with Crippen LogP contribution >= 0.6 is 0 Å². The zero-order chi connectivity index (χ0) is 16.4. The number of carbonyl (C=O) groups excluding carboxylic acids is 1. The van der Waals surface area contributed by atoms with Crippen molar-refractivity contribution in [3.8, 4) is 11.1 Å². The summed E-state index contributed by atoms with van der Waals surface area (Å²) >= 11 is 0. The third-order valence-corrected chi connectivity index (χ3v) is 4.27.